The fourth-order valence-electron chi connectivity index (χ4n) is 2.47. The Labute approximate surface area is 137 Å². The summed E-state index contributed by atoms with van der Waals surface area (Å²) in [6.45, 7) is 0.313. The van der Waals surface area contributed by atoms with Crippen molar-refractivity contribution < 1.29 is 4.79 Å². The molecule has 1 fully saturated rings. The van der Waals surface area contributed by atoms with Crippen LogP contribution in [0.2, 0.25) is 0 Å². The molecule has 1 aliphatic carbocycles. The normalized spacial score (nSPS) is 13.9. The van der Waals surface area contributed by atoms with Crippen LogP contribution in [0.1, 0.15) is 40.8 Å². The van der Waals surface area contributed by atoms with Crippen molar-refractivity contribution in [3.8, 4) is 11.4 Å². The Balaban J connectivity index is 1.45. The van der Waals surface area contributed by atoms with E-state index in [1.165, 1.54) is 0 Å². The van der Waals surface area contributed by atoms with E-state index in [1.54, 1.807) is 12.1 Å². The Hall–Kier alpha value is -3.00. The molecule has 0 saturated heterocycles. The second-order valence-electron chi connectivity index (χ2n) is 5.82. The van der Waals surface area contributed by atoms with Gasteiger partial charge in [-0.2, -0.15) is 10.2 Å². The third-order valence-corrected chi connectivity index (χ3v) is 3.97. The van der Waals surface area contributed by atoms with Gasteiger partial charge in [0.25, 0.3) is 5.91 Å². The Morgan fingerprint density at radius 1 is 1.21 bits per heavy atom. The monoisotopic (exact) mass is 323 g/mol. The van der Waals surface area contributed by atoms with Gasteiger partial charge in [-0.15, -0.1) is 0 Å². The Bertz CT molecular complexity index is 861. The van der Waals surface area contributed by atoms with Gasteiger partial charge in [-0.3, -0.25) is 15.0 Å². The Kier molecular flexibility index (Phi) is 3.58. The van der Waals surface area contributed by atoms with E-state index in [2.05, 4.69) is 30.7 Å². The number of aromatic nitrogens is 5. The SMILES string of the molecule is NCc1nc(-c2ccc(NC(=O)c3cc(C4CC4)[nH]n3)cc2)n[nH]1. The molecule has 1 saturated carbocycles. The number of anilines is 1. The summed E-state index contributed by atoms with van der Waals surface area (Å²) >= 11 is 0. The quantitative estimate of drug-likeness (QED) is 0.569. The first kappa shape index (κ1) is 14.6. The summed E-state index contributed by atoms with van der Waals surface area (Å²) in [6, 6.07) is 9.13. The van der Waals surface area contributed by atoms with E-state index in [0.717, 1.165) is 24.1 Å². The lowest BCUT2D eigenvalue weighted by molar-refractivity contribution is 0.102. The number of hydrogen-bond donors (Lipinski definition) is 4. The van der Waals surface area contributed by atoms with Crippen LogP contribution in [0.4, 0.5) is 5.69 Å². The van der Waals surface area contributed by atoms with Gasteiger partial charge in [0.2, 0.25) is 0 Å². The number of hydrogen-bond acceptors (Lipinski definition) is 5. The number of nitrogens with zero attached hydrogens (tertiary/aromatic N) is 3. The van der Waals surface area contributed by atoms with Gasteiger partial charge in [0.15, 0.2) is 11.5 Å². The predicted octanol–water partition coefficient (Wildman–Crippen LogP) is 1.78. The summed E-state index contributed by atoms with van der Waals surface area (Å²) < 4.78 is 0. The van der Waals surface area contributed by atoms with E-state index in [4.69, 9.17) is 5.73 Å². The maximum Gasteiger partial charge on any atom is 0.276 e. The number of rotatable bonds is 5. The highest BCUT2D eigenvalue weighted by atomic mass is 16.1. The minimum Gasteiger partial charge on any atom is -0.324 e. The first-order valence-electron chi connectivity index (χ1n) is 7.81. The van der Waals surface area contributed by atoms with Crippen molar-refractivity contribution in [2.24, 2.45) is 5.73 Å². The molecule has 4 rings (SSSR count). The molecule has 0 unspecified atom stereocenters. The third-order valence-electron chi connectivity index (χ3n) is 3.97. The molecule has 8 nitrogen and oxygen atoms in total. The van der Waals surface area contributed by atoms with E-state index >= 15 is 0 Å². The zero-order chi connectivity index (χ0) is 16.5. The number of carbonyl (C=O) groups excluding carboxylic acids is 1. The predicted molar refractivity (Wildman–Crippen MR) is 88.2 cm³/mol. The van der Waals surface area contributed by atoms with Crippen molar-refractivity contribution in [2.75, 3.05) is 5.32 Å². The molecule has 8 heteroatoms. The average Bonchev–Trinajstić information content (AvgIpc) is 3.14. The highest BCUT2D eigenvalue weighted by Crippen LogP contribution is 2.39. The fourth-order valence-corrected chi connectivity index (χ4v) is 2.47. The van der Waals surface area contributed by atoms with Gasteiger partial charge < -0.3 is 11.1 Å². The molecule has 122 valence electrons. The highest BCUT2D eigenvalue weighted by Gasteiger charge is 2.26. The Morgan fingerprint density at radius 2 is 2.00 bits per heavy atom. The summed E-state index contributed by atoms with van der Waals surface area (Å²) in [5.74, 6) is 1.52. The largest absolute Gasteiger partial charge is 0.324 e. The van der Waals surface area contributed by atoms with Gasteiger partial charge in [-0.25, -0.2) is 4.98 Å². The number of carbonyl (C=O) groups is 1. The van der Waals surface area contributed by atoms with Crippen LogP contribution in [0.3, 0.4) is 0 Å². The molecule has 0 spiro atoms. The molecule has 1 aliphatic rings. The number of aromatic amines is 2. The topological polar surface area (TPSA) is 125 Å². The average molecular weight is 323 g/mol. The van der Waals surface area contributed by atoms with Gasteiger partial charge in [0.1, 0.15) is 5.82 Å². The maximum atomic E-state index is 12.2. The zero-order valence-electron chi connectivity index (χ0n) is 12.9. The summed E-state index contributed by atoms with van der Waals surface area (Å²) in [4.78, 5) is 16.5. The first-order chi connectivity index (χ1) is 11.7. The zero-order valence-corrected chi connectivity index (χ0v) is 12.9. The molecule has 0 radical (unpaired) electrons. The number of H-pyrrole nitrogens is 2. The van der Waals surface area contributed by atoms with E-state index < -0.39 is 0 Å². The highest BCUT2D eigenvalue weighted by molar-refractivity contribution is 6.03. The van der Waals surface area contributed by atoms with Crippen LogP contribution in [0.15, 0.2) is 30.3 Å². The standard InChI is InChI=1S/C16H17N7O/c17-8-14-19-15(23-22-14)10-3-5-11(6-4-10)18-16(24)13-7-12(20-21-13)9-1-2-9/h3-7,9H,1-2,8,17H2,(H,18,24)(H,20,21)(H,19,22,23). The van der Waals surface area contributed by atoms with Gasteiger partial charge >= 0.3 is 0 Å². The van der Waals surface area contributed by atoms with Crippen LogP contribution in [-0.2, 0) is 6.54 Å². The van der Waals surface area contributed by atoms with Crippen LogP contribution in [0, 0.1) is 0 Å². The molecule has 0 aliphatic heterocycles. The molecule has 0 bridgehead atoms. The van der Waals surface area contributed by atoms with Crippen molar-refractivity contribution >= 4 is 11.6 Å². The van der Waals surface area contributed by atoms with Crippen molar-refractivity contribution in [1.29, 1.82) is 0 Å². The summed E-state index contributed by atoms with van der Waals surface area (Å²) in [5.41, 5.74) is 8.49. The smallest absolute Gasteiger partial charge is 0.276 e. The van der Waals surface area contributed by atoms with E-state index in [-0.39, 0.29) is 5.91 Å². The lowest BCUT2D eigenvalue weighted by Crippen LogP contribution is -2.12. The molecule has 2 heterocycles. The molecule has 3 aromatic rings. The van der Waals surface area contributed by atoms with E-state index in [9.17, 15) is 4.79 Å². The molecule has 2 aromatic heterocycles. The minimum absolute atomic E-state index is 0.228. The van der Waals surface area contributed by atoms with E-state index in [0.29, 0.717) is 35.5 Å². The van der Waals surface area contributed by atoms with Crippen LogP contribution in [-0.4, -0.2) is 31.3 Å². The molecule has 24 heavy (non-hydrogen) atoms. The van der Waals surface area contributed by atoms with Gasteiger partial charge in [-0.05, 0) is 43.2 Å². The summed E-state index contributed by atoms with van der Waals surface area (Å²) in [5, 5.41) is 16.7. The van der Waals surface area contributed by atoms with Crippen LogP contribution in [0.25, 0.3) is 11.4 Å². The van der Waals surface area contributed by atoms with Crippen LogP contribution < -0.4 is 11.1 Å². The molecule has 1 aromatic carbocycles. The molecule has 5 N–H and O–H groups in total. The second kappa shape index (κ2) is 5.89. The summed E-state index contributed by atoms with van der Waals surface area (Å²) in [7, 11) is 0. The third kappa shape index (κ3) is 2.91. The number of nitrogens with one attached hydrogen (secondary N) is 3. The van der Waals surface area contributed by atoms with E-state index in [1.807, 2.05) is 18.2 Å². The minimum atomic E-state index is -0.228. The van der Waals surface area contributed by atoms with Crippen molar-refractivity contribution in [3.63, 3.8) is 0 Å². The molecular formula is C16H17N7O. The van der Waals surface area contributed by atoms with Gasteiger partial charge in [0, 0.05) is 22.9 Å². The molecule has 0 atom stereocenters. The first-order valence-corrected chi connectivity index (χ1v) is 7.81. The van der Waals surface area contributed by atoms with Crippen LogP contribution in [0.5, 0.6) is 0 Å². The fraction of sp³-hybridized carbons (Fsp3) is 0.250. The van der Waals surface area contributed by atoms with Crippen molar-refractivity contribution in [3.05, 3.63) is 47.5 Å². The lowest BCUT2D eigenvalue weighted by Gasteiger charge is -2.03. The van der Waals surface area contributed by atoms with Crippen molar-refractivity contribution in [2.45, 2.75) is 25.3 Å². The number of nitrogens with two attached hydrogens (primary N) is 1. The van der Waals surface area contributed by atoms with Gasteiger partial charge in [-0.1, -0.05) is 0 Å². The number of benzene rings is 1. The summed E-state index contributed by atoms with van der Waals surface area (Å²) in [6.07, 6.45) is 2.33. The van der Waals surface area contributed by atoms with Gasteiger partial charge in [0.05, 0.1) is 6.54 Å². The lowest BCUT2D eigenvalue weighted by atomic mass is 10.2. The van der Waals surface area contributed by atoms with Crippen LogP contribution >= 0.6 is 0 Å². The second-order valence-corrected chi connectivity index (χ2v) is 5.82. The maximum absolute atomic E-state index is 12.2. The number of amides is 1. The Morgan fingerprint density at radius 3 is 2.67 bits per heavy atom. The molecule has 1 amide bonds. The van der Waals surface area contributed by atoms with Crippen molar-refractivity contribution in [1.82, 2.24) is 25.4 Å². The molecular weight excluding hydrogens is 306 g/mol.